The van der Waals surface area contributed by atoms with Crippen LogP contribution in [0.4, 0.5) is 0 Å². The number of guanidine groups is 1. The van der Waals surface area contributed by atoms with Crippen LogP contribution in [0.5, 0.6) is 0 Å². The van der Waals surface area contributed by atoms with Gasteiger partial charge in [0.25, 0.3) is 0 Å². The van der Waals surface area contributed by atoms with Crippen LogP contribution in [0.15, 0.2) is 4.99 Å². The first-order valence-electron chi connectivity index (χ1n) is 8.85. The molecular weight excluding hydrogens is 278 g/mol. The van der Waals surface area contributed by atoms with Crippen LogP contribution in [0.1, 0.15) is 47.0 Å². The zero-order valence-corrected chi connectivity index (χ0v) is 14.7. The summed E-state index contributed by atoms with van der Waals surface area (Å²) in [5.74, 6) is 1.58. The first-order valence-corrected chi connectivity index (χ1v) is 8.85. The summed E-state index contributed by atoms with van der Waals surface area (Å²) < 4.78 is 11.2. The molecule has 5 nitrogen and oxygen atoms in total. The van der Waals surface area contributed by atoms with E-state index in [9.17, 15) is 0 Å². The van der Waals surface area contributed by atoms with Crippen molar-refractivity contribution in [2.75, 3.05) is 32.9 Å². The fourth-order valence-corrected chi connectivity index (χ4v) is 3.74. The van der Waals surface area contributed by atoms with Gasteiger partial charge in [-0.1, -0.05) is 13.8 Å². The lowest BCUT2D eigenvalue weighted by Gasteiger charge is -2.54. The zero-order chi connectivity index (χ0) is 16.0. The molecule has 1 aliphatic heterocycles. The van der Waals surface area contributed by atoms with Gasteiger partial charge in [-0.05, 0) is 33.1 Å². The summed E-state index contributed by atoms with van der Waals surface area (Å²) in [7, 11) is 0. The molecule has 1 heterocycles. The van der Waals surface area contributed by atoms with E-state index < -0.39 is 0 Å². The average Bonchev–Trinajstić information content (AvgIpc) is 2.95. The molecule has 0 spiro atoms. The van der Waals surface area contributed by atoms with Gasteiger partial charge in [0.05, 0.1) is 6.10 Å². The molecule has 2 fully saturated rings. The maximum Gasteiger partial charge on any atom is 0.191 e. The molecule has 2 N–H and O–H groups in total. The summed E-state index contributed by atoms with van der Waals surface area (Å²) in [6.07, 6.45) is 3.72. The van der Waals surface area contributed by atoms with Crippen molar-refractivity contribution in [2.45, 2.75) is 59.1 Å². The van der Waals surface area contributed by atoms with E-state index in [4.69, 9.17) is 14.5 Å². The third-order valence-electron chi connectivity index (χ3n) is 4.91. The number of ether oxygens (including phenoxy) is 2. The van der Waals surface area contributed by atoms with Gasteiger partial charge < -0.3 is 20.1 Å². The van der Waals surface area contributed by atoms with Gasteiger partial charge in [0.15, 0.2) is 5.96 Å². The largest absolute Gasteiger partial charge is 0.382 e. The second-order valence-electron chi connectivity index (χ2n) is 6.85. The molecule has 0 bridgehead atoms. The predicted octanol–water partition coefficient (Wildman–Crippen LogP) is 2.17. The minimum atomic E-state index is 0.187. The Balaban J connectivity index is 1.80. The molecule has 128 valence electrons. The second kappa shape index (κ2) is 8.16. The van der Waals surface area contributed by atoms with Gasteiger partial charge in [-0.3, -0.25) is 4.99 Å². The minimum absolute atomic E-state index is 0.187. The van der Waals surface area contributed by atoms with Crippen LogP contribution in [0.2, 0.25) is 0 Å². The Hall–Kier alpha value is -0.810. The van der Waals surface area contributed by atoms with Crippen LogP contribution < -0.4 is 10.6 Å². The summed E-state index contributed by atoms with van der Waals surface area (Å²) >= 11 is 0. The summed E-state index contributed by atoms with van der Waals surface area (Å²) in [5.41, 5.74) is 0.187. The number of hydrogen-bond donors (Lipinski definition) is 2. The SMILES string of the molecule is CCNC(=NCCCCOCC)NC1C2CCOC2C1(C)C. The van der Waals surface area contributed by atoms with Crippen molar-refractivity contribution in [3.8, 4) is 0 Å². The first kappa shape index (κ1) is 17.5. The monoisotopic (exact) mass is 311 g/mol. The maximum absolute atomic E-state index is 5.86. The first-order chi connectivity index (χ1) is 10.6. The molecule has 3 unspecified atom stereocenters. The van der Waals surface area contributed by atoms with Gasteiger partial charge in [-0.15, -0.1) is 0 Å². The van der Waals surface area contributed by atoms with E-state index >= 15 is 0 Å². The third-order valence-corrected chi connectivity index (χ3v) is 4.91. The lowest BCUT2D eigenvalue weighted by Crippen LogP contribution is -2.67. The van der Waals surface area contributed by atoms with Gasteiger partial charge in [-0.25, -0.2) is 0 Å². The Morgan fingerprint density at radius 1 is 1.32 bits per heavy atom. The molecule has 2 aliphatic rings. The summed E-state index contributed by atoms with van der Waals surface area (Å²) in [6.45, 7) is 13.0. The molecule has 1 saturated heterocycles. The fourth-order valence-electron chi connectivity index (χ4n) is 3.74. The topological polar surface area (TPSA) is 54.9 Å². The molecule has 1 aliphatic carbocycles. The maximum atomic E-state index is 5.86. The van der Waals surface area contributed by atoms with E-state index in [-0.39, 0.29) is 5.41 Å². The van der Waals surface area contributed by atoms with Crippen LogP contribution in [0.25, 0.3) is 0 Å². The predicted molar refractivity (Wildman–Crippen MR) is 90.3 cm³/mol. The van der Waals surface area contributed by atoms with Gasteiger partial charge in [0.2, 0.25) is 0 Å². The van der Waals surface area contributed by atoms with Gasteiger partial charge in [0, 0.05) is 50.3 Å². The van der Waals surface area contributed by atoms with Gasteiger partial charge >= 0.3 is 0 Å². The molecule has 0 aromatic heterocycles. The lowest BCUT2D eigenvalue weighted by molar-refractivity contribution is -0.106. The number of unbranched alkanes of at least 4 members (excludes halogenated alkanes) is 1. The normalized spacial score (nSPS) is 29.8. The highest BCUT2D eigenvalue weighted by atomic mass is 16.5. The number of nitrogens with one attached hydrogen (secondary N) is 2. The molecular formula is C17H33N3O2. The van der Waals surface area contributed by atoms with Crippen molar-refractivity contribution in [1.29, 1.82) is 0 Å². The Morgan fingerprint density at radius 3 is 2.86 bits per heavy atom. The van der Waals surface area contributed by atoms with E-state index in [1.807, 2.05) is 6.92 Å². The van der Waals surface area contributed by atoms with Crippen LogP contribution in [0.3, 0.4) is 0 Å². The number of aliphatic imine (C=N–C) groups is 1. The van der Waals surface area contributed by atoms with Crippen molar-refractivity contribution < 1.29 is 9.47 Å². The Bertz CT molecular complexity index is 371. The fraction of sp³-hybridized carbons (Fsp3) is 0.941. The molecule has 0 radical (unpaired) electrons. The Kier molecular flexibility index (Phi) is 6.50. The number of hydrogen-bond acceptors (Lipinski definition) is 3. The van der Waals surface area contributed by atoms with Crippen molar-refractivity contribution in [3.63, 3.8) is 0 Å². The van der Waals surface area contributed by atoms with Crippen LogP contribution in [-0.2, 0) is 9.47 Å². The molecule has 3 atom stereocenters. The van der Waals surface area contributed by atoms with Crippen molar-refractivity contribution >= 4 is 5.96 Å². The van der Waals surface area contributed by atoms with E-state index in [1.54, 1.807) is 0 Å². The standard InChI is InChI=1S/C17H33N3O2/c1-5-18-16(19-10-7-8-11-21-6-2)20-14-13-9-12-22-15(13)17(14,3)4/h13-15H,5-12H2,1-4H3,(H2,18,19,20). The van der Waals surface area contributed by atoms with Crippen molar-refractivity contribution in [2.24, 2.45) is 16.3 Å². The van der Waals surface area contributed by atoms with Gasteiger partial charge in [-0.2, -0.15) is 0 Å². The highest BCUT2D eigenvalue weighted by Gasteiger charge is 2.59. The zero-order valence-electron chi connectivity index (χ0n) is 14.7. The molecule has 2 rings (SSSR count). The summed E-state index contributed by atoms with van der Waals surface area (Å²) in [4.78, 5) is 4.71. The van der Waals surface area contributed by atoms with Crippen LogP contribution in [-0.4, -0.2) is 51.0 Å². The molecule has 0 aromatic rings. The number of rotatable bonds is 8. The second-order valence-corrected chi connectivity index (χ2v) is 6.85. The van der Waals surface area contributed by atoms with E-state index in [1.165, 1.54) is 6.42 Å². The summed E-state index contributed by atoms with van der Waals surface area (Å²) in [6, 6.07) is 0.459. The molecule has 0 aromatic carbocycles. The molecule has 0 amide bonds. The quantitative estimate of drug-likeness (QED) is 0.410. The highest BCUT2D eigenvalue weighted by molar-refractivity contribution is 5.80. The highest BCUT2D eigenvalue weighted by Crippen LogP contribution is 2.52. The lowest BCUT2D eigenvalue weighted by atomic mass is 9.57. The summed E-state index contributed by atoms with van der Waals surface area (Å²) in [5, 5.41) is 7.01. The molecule has 5 heteroatoms. The Morgan fingerprint density at radius 2 is 2.14 bits per heavy atom. The Labute approximate surface area is 135 Å². The number of fused-ring (bicyclic) bond motifs is 1. The van der Waals surface area contributed by atoms with Crippen LogP contribution in [0, 0.1) is 11.3 Å². The van der Waals surface area contributed by atoms with Crippen molar-refractivity contribution in [1.82, 2.24) is 10.6 Å². The average molecular weight is 311 g/mol. The van der Waals surface area contributed by atoms with Crippen LogP contribution >= 0.6 is 0 Å². The van der Waals surface area contributed by atoms with E-state index in [0.717, 1.165) is 51.7 Å². The minimum Gasteiger partial charge on any atom is -0.382 e. The number of nitrogens with zero attached hydrogens (tertiary/aromatic N) is 1. The smallest absolute Gasteiger partial charge is 0.191 e. The van der Waals surface area contributed by atoms with E-state index in [0.29, 0.717) is 18.1 Å². The molecule has 1 saturated carbocycles. The van der Waals surface area contributed by atoms with Crippen molar-refractivity contribution in [3.05, 3.63) is 0 Å². The molecule has 22 heavy (non-hydrogen) atoms. The van der Waals surface area contributed by atoms with Gasteiger partial charge in [0.1, 0.15) is 0 Å². The third kappa shape index (κ3) is 3.93. The van der Waals surface area contributed by atoms with E-state index in [2.05, 4.69) is 31.4 Å².